The molecule has 0 aliphatic heterocycles. The predicted molar refractivity (Wildman–Crippen MR) is 60.8 cm³/mol. The molecule has 1 aromatic carbocycles. The third-order valence-corrected chi connectivity index (χ3v) is 2.34. The number of aryl methyl sites for hydroxylation is 1. The molecule has 1 N–H and O–H groups in total. The Morgan fingerprint density at radius 2 is 2.06 bits per heavy atom. The number of aromatic nitrogens is 2. The highest BCUT2D eigenvalue weighted by molar-refractivity contribution is 5.15. The van der Waals surface area contributed by atoms with Crippen molar-refractivity contribution in [2.75, 3.05) is 6.54 Å². The predicted octanol–water partition coefficient (Wildman–Crippen LogP) is 1.85. The Hall–Kier alpha value is -1.75. The van der Waals surface area contributed by atoms with E-state index in [4.69, 9.17) is 4.52 Å². The summed E-state index contributed by atoms with van der Waals surface area (Å²) in [6, 6.07) is 6.45. The number of nitrogens with one attached hydrogen (secondary N) is 1. The van der Waals surface area contributed by atoms with E-state index in [0.29, 0.717) is 18.3 Å². The minimum absolute atomic E-state index is 0.212. The van der Waals surface area contributed by atoms with Crippen molar-refractivity contribution in [1.82, 2.24) is 15.5 Å². The maximum absolute atomic E-state index is 12.7. The lowest BCUT2D eigenvalue weighted by atomic mass is 10.2. The van der Waals surface area contributed by atoms with E-state index in [2.05, 4.69) is 15.5 Å². The first kappa shape index (κ1) is 11.7. The summed E-state index contributed by atoms with van der Waals surface area (Å²) < 4.78 is 17.5. The summed E-state index contributed by atoms with van der Waals surface area (Å²) in [6.45, 7) is 3.23. The summed E-state index contributed by atoms with van der Waals surface area (Å²) in [6.07, 6.45) is 0.721. The molecule has 0 saturated carbocycles. The third kappa shape index (κ3) is 3.64. The highest BCUT2D eigenvalue weighted by Crippen LogP contribution is 2.02. The summed E-state index contributed by atoms with van der Waals surface area (Å²) >= 11 is 0. The zero-order valence-corrected chi connectivity index (χ0v) is 9.61. The van der Waals surface area contributed by atoms with Gasteiger partial charge < -0.3 is 9.84 Å². The van der Waals surface area contributed by atoms with Gasteiger partial charge >= 0.3 is 0 Å². The Kier molecular flexibility index (Phi) is 3.82. The summed E-state index contributed by atoms with van der Waals surface area (Å²) in [7, 11) is 0. The van der Waals surface area contributed by atoms with Gasteiger partial charge in [-0.1, -0.05) is 17.3 Å². The van der Waals surface area contributed by atoms with Crippen LogP contribution in [0.4, 0.5) is 4.39 Å². The van der Waals surface area contributed by atoms with Crippen molar-refractivity contribution in [3.05, 3.63) is 47.4 Å². The van der Waals surface area contributed by atoms with Crippen LogP contribution in [-0.2, 0) is 13.0 Å². The number of nitrogens with zero attached hydrogens (tertiary/aromatic N) is 2. The second kappa shape index (κ2) is 5.54. The quantitative estimate of drug-likeness (QED) is 0.803. The van der Waals surface area contributed by atoms with Crippen molar-refractivity contribution in [2.45, 2.75) is 19.9 Å². The SMILES string of the molecule is Cc1nc(CCNCc2ccc(F)cc2)no1. The molecule has 1 aromatic heterocycles. The number of hydrogen-bond acceptors (Lipinski definition) is 4. The molecule has 0 aliphatic rings. The van der Waals surface area contributed by atoms with Gasteiger partial charge in [0.25, 0.3) is 0 Å². The number of halogens is 1. The van der Waals surface area contributed by atoms with Gasteiger partial charge in [0.2, 0.25) is 5.89 Å². The second-order valence-corrected chi connectivity index (χ2v) is 3.78. The molecule has 2 aromatic rings. The minimum atomic E-state index is -0.212. The second-order valence-electron chi connectivity index (χ2n) is 3.78. The molecule has 5 heteroatoms. The molecule has 0 amide bonds. The molecule has 0 aliphatic carbocycles. The van der Waals surface area contributed by atoms with Crippen molar-refractivity contribution in [1.29, 1.82) is 0 Å². The minimum Gasteiger partial charge on any atom is -0.340 e. The topological polar surface area (TPSA) is 51.0 Å². The van der Waals surface area contributed by atoms with Crippen LogP contribution in [0, 0.1) is 12.7 Å². The van der Waals surface area contributed by atoms with E-state index in [1.807, 2.05) is 0 Å². The van der Waals surface area contributed by atoms with Gasteiger partial charge in [-0.05, 0) is 17.7 Å². The first-order valence-corrected chi connectivity index (χ1v) is 5.48. The van der Waals surface area contributed by atoms with Crippen molar-refractivity contribution in [3.63, 3.8) is 0 Å². The van der Waals surface area contributed by atoms with E-state index in [1.54, 1.807) is 19.1 Å². The number of hydrogen-bond donors (Lipinski definition) is 1. The van der Waals surface area contributed by atoms with Crippen LogP contribution in [0.1, 0.15) is 17.3 Å². The lowest BCUT2D eigenvalue weighted by Gasteiger charge is -2.02. The van der Waals surface area contributed by atoms with Crippen LogP contribution < -0.4 is 5.32 Å². The van der Waals surface area contributed by atoms with E-state index in [1.165, 1.54) is 12.1 Å². The van der Waals surface area contributed by atoms with Gasteiger partial charge in [-0.25, -0.2) is 4.39 Å². The first-order valence-electron chi connectivity index (χ1n) is 5.48. The number of benzene rings is 1. The molecule has 90 valence electrons. The Bertz CT molecular complexity index is 467. The molecule has 0 radical (unpaired) electrons. The summed E-state index contributed by atoms with van der Waals surface area (Å²) in [5, 5.41) is 7.03. The van der Waals surface area contributed by atoms with Crippen LogP contribution in [0.3, 0.4) is 0 Å². The Morgan fingerprint density at radius 3 is 2.71 bits per heavy atom. The van der Waals surface area contributed by atoms with Crippen molar-refractivity contribution >= 4 is 0 Å². The fourth-order valence-electron chi connectivity index (χ4n) is 1.48. The van der Waals surface area contributed by atoms with Crippen LogP contribution in [0.2, 0.25) is 0 Å². The van der Waals surface area contributed by atoms with Crippen LogP contribution in [-0.4, -0.2) is 16.7 Å². The summed E-state index contributed by atoms with van der Waals surface area (Å²) in [5.74, 6) is 1.07. The normalized spacial score (nSPS) is 10.7. The molecule has 0 spiro atoms. The Labute approximate surface area is 98.8 Å². The smallest absolute Gasteiger partial charge is 0.223 e. The monoisotopic (exact) mass is 235 g/mol. The van der Waals surface area contributed by atoms with E-state index < -0.39 is 0 Å². The first-order chi connectivity index (χ1) is 8.24. The lowest BCUT2D eigenvalue weighted by Crippen LogP contribution is -2.17. The van der Waals surface area contributed by atoms with Crippen LogP contribution in [0.25, 0.3) is 0 Å². The third-order valence-electron chi connectivity index (χ3n) is 2.34. The highest BCUT2D eigenvalue weighted by atomic mass is 19.1. The summed E-state index contributed by atoms with van der Waals surface area (Å²) in [4.78, 5) is 4.10. The highest BCUT2D eigenvalue weighted by Gasteiger charge is 2.01. The fourth-order valence-corrected chi connectivity index (χ4v) is 1.48. The number of rotatable bonds is 5. The van der Waals surface area contributed by atoms with Crippen LogP contribution >= 0.6 is 0 Å². The van der Waals surface area contributed by atoms with E-state index in [-0.39, 0.29) is 5.82 Å². The van der Waals surface area contributed by atoms with E-state index >= 15 is 0 Å². The summed E-state index contributed by atoms with van der Waals surface area (Å²) in [5.41, 5.74) is 1.05. The van der Waals surface area contributed by atoms with Crippen LogP contribution in [0.5, 0.6) is 0 Å². The molecular weight excluding hydrogens is 221 g/mol. The maximum Gasteiger partial charge on any atom is 0.223 e. The zero-order valence-electron chi connectivity index (χ0n) is 9.61. The van der Waals surface area contributed by atoms with Gasteiger partial charge in [0, 0.05) is 26.4 Å². The molecule has 17 heavy (non-hydrogen) atoms. The lowest BCUT2D eigenvalue weighted by molar-refractivity contribution is 0.387. The van der Waals surface area contributed by atoms with Crippen molar-refractivity contribution in [3.8, 4) is 0 Å². The molecular formula is C12H14FN3O. The van der Waals surface area contributed by atoms with Gasteiger partial charge in [-0.2, -0.15) is 4.98 Å². The molecule has 0 bridgehead atoms. The molecule has 1 heterocycles. The molecule has 2 rings (SSSR count). The van der Waals surface area contributed by atoms with Gasteiger partial charge in [-0.3, -0.25) is 0 Å². The van der Waals surface area contributed by atoms with Gasteiger partial charge in [0.15, 0.2) is 5.82 Å². The fraction of sp³-hybridized carbons (Fsp3) is 0.333. The maximum atomic E-state index is 12.7. The molecule has 0 fully saturated rings. The Balaban J connectivity index is 1.71. The average Bonchev–Trinajstić information content (AvgIpc) is 2.73. The molecule has 4 nitrogen and oxygen atoms in total. The largest absolute Gasteiger partial charge is 0.340 e. The van der Waals surface area contributed by atoms with Crippen molar-refractivity contribution in [2.24, 2.45) is 0 Å². The van der Waals surface area contributed by atoms with Gasteiger partial charge in [0.1, 0.15) is 5.82 Å². The van der Waals surface area contributed by atoms with Gasteiger partial charge in [-0.15, -0.1) is 0 Å². The molecule has 0 atom stereocenters. The van der Waals surface area contributed by atoms with Crippen molar-refractivity contribution < 1.29 is 8.91 Å². The Morgan fingerprint density at radius 1 is 1.29 bits per heavy atom. The van der Waals surface area contributed by atoms with Crippen LogP contribution in [0.15, 0.2) is 28.8 Å². The van der Waals surface area contributed by atoms with E-state index in [0.717, 1.165) is 18.5 Å². The molecule has 0 unspecified atom stereocenters. The van der Waals surface area contributed by atoms with Gasteiger partial charge in [0.05, 0.1) is 0 Å². The molecule has 0 saturated heterocycles. The standard InChI is InChI=1S/C12H14FN3O/c1-9-15-12(16-17-9)6-7-14-8-10-2-4-11(13)5-3-10/h2-5,14H,6-8H2,1H3. The average molecular weight is 235 g/mol. The van der Waals surface area contributed by atoms with E-state index in [9.17, 15) is 4.39 Å². The zero-order chi connectivity index (χ0) is 12.1.